The van der Waals surface area contributed by atoms with Crippen LogP contribution < -0.4 is 11.1 Å². The smallest absolute Gasteiger partial charge is 0.356 e. The third kappa shape index (κ3) is 3.52. The first-order valence-electron chi connectivity index (χ1n) is 6.57. The fraction of sp³-hybridized carbons (Fsp3) is 0.333. The van der Waals surface area contributed by atoms with Crippen LogP contribution in [0.1, 0.15) is 29.2 Å². The van der Waals surface area contributed by atoms with Crippen LogP contribution in [-0.2, 0) is 10.2 Å². The molecule has 112 valence electrons. The van der Waals surface area contributed by atoms with Gasteiger partial charge in [0.1, 0.15) is 5.82 Å². The molecular formula is C15H19N3O2S. The summed E-state index contributed by atoms with van der Waals surface area (Å²) in [5.74, 6) is 0.0260. The van der Waals surface area contributed by atoms with E-state index in [1.165, 1.54) is 12.0 Å². The second kappa shape index (κ2) is 6.13. The Morgan fingerprint density at radius 1 is 1.43 bits per heavy atom. The van der Waals surface area contributed by atoms with Crippen molar-refractivity contribution in [2.75, 3.05) is 24.7 Å². The predicted octanol–water partition coefficient (Wildman–Crippen LogP) is 2.90. The molecule has 2 aromatic heterocycles. The van der Waals surface area contributed by atoms with Crippen LogP contribution in [0.4, 0.5) is 11.5 Å². The number of carbonyl (C=O) groups is 1. The molecule has 0 amide bonds. The minimum Gasteiger partial charge on any atom is -0.464 e. The summed E-state index contributed by atoms with van der Waals surface area (Å²) in [5, 5.41) is 5.28. The van der Waals surface area contributed by atoms with Crippen LogP contribution in [-0.4, -0.2) is 24.6 Å². The van der Waals surface area contributed by atoms with Crippen LogP contribution in [0.3, 0.4) is 0 Å². The molecule has 0 atom stereocenters. The second-order valence-corrected chi connectivity index (χ2v) is 6.29. The number of nitrogen functional groups attached to an aromatic ring is 1. The molecule has 21 heavy (non-hydrogen) atoms. The molecule has 6 heteroatoms. The van der Waals surface area contributed by atoms with Crippen LogP contribution in [0, 0.1) is 0 Å². The summed E-state index contributed by atoms with van der Waals surface area (Å²) in [5.41, 5.74) is 6.60. The molecule has 0 fully saturated rings. The standard InChI is InChI=1S/C15H19N3O2S/c1-15(2,12-5-4-8-21-12)9-17-13-10(16)6-7-11(18-13)14(19)20-3/h4-8H,9,16H2,1-3H3,(H,17,18). The van der Waals surface area contributed by atoms with Crippen molar-refractivity contribution in [1.82, 2.24) is 4.98 Å². The lowest BCUT2D eigenvalue weighted by molar-refractivity contribution is 0.0594. The molecule has 2 heterocycles. The van der Waals surface area contributed by atoms with Crippen LogP contribution in [0.2, 0.25) is 0 Å². The van der Waals surface area contributed by atoms with E-state index in [4.69, 9.17) is 5.73 Å². The molecule has 0 saturated heterocycles. The summed E-state index contributed by atoms with van der Waals surface area (Å²) in [4.78, 5) is 17.0. The number of rotatable bonds is 5. The van der Waals surface area contributed by atoms with Crippen LogP contribution in [0.5, 0.6) is 0 Å². The Kier molecular flexibility index (Phi) is 4.47. The number of pyridine rings is 1. The Bertz CT molecular complexity index is 624. The minimum atomic E-state index is -0.476. The maximum atomic E-state index is 11.5. The van der Waals surface area contributed by atoms with Gasteiger partial charge in [-0.1, -0.05) is 19.9 Å². The summed E-state index contributed by atoms with van der Waals surface area (Å²) in [7, 11) is 1.33. The number of nitrogens with two attached hydrogens (primary N) is 1. The highest BCUT2D eigenvalue weighted by atomic mass is 32.1. The Morgan fingerprint density at radius 3 is 2.81 bits per heavy atom. The van der Waals surface area contributed by atoms with E-state index in [2.05, 4.69) is 40.3 Å². The van der Waals surface area contributed by atoms with Crippen molar-refractivity contribution in [3.05, 3.63) is 40.2 Å². The molecule has 0 spiro atoms. The zero-order valence-electron chi connectivity index (χ0n) is 12.3. The molecule has 5 nitrogen and oxygen atoms in total. The topological polar surface area (TPSA) is 77.2 Å². The predicted molar refractivity (Wildman–Crippen MR) is 85.8 cm³/mol. The quantitative estimate of drug-likeness (QED) is 0.831. The van der Waals surface area contributed by atoms with Crippen molar-refractivity contribution < 1.29 is 9.53 Å². The van der Waals surface area contributed by atoms with Crippen LogP contribution in [0.15, 0.2) is 29.6 Å². The summed E-state index contributed by atoms with van der Waals surface area (Å²) >= 11 is 1.72. The first-order valence-corrected chi connectivity index (χ1v) is 7.44. The van der Waals surface area contributed by atoms with E-state index in [0.29, 0.717) is 18.1 Å². The van der Waals surface area contributed by atoms with Gasteiger partial charge in [0.2, 0.25) is 0 Å². The van der Waals surface area contributed by atoms with Gasteiger partial charge in [0.25, 0.3) is 0 Å². The van der Waals surface area contributed by atoms with Gasteiger partial charge in [-0.15, -0.1) is 11.3 Å². The van der Waals surface area contributed by atoms with E-state index >= 15 is 0 Å². The molecule has 0 aliphatic heterocycles. The number of ether oxygens (including phenoxy) is 1. The summed E-state index contributed by atoms with van der Waals surface area (Å²) < 4.78 is 4.67. The molecule has 0 unspecified atom stereocenters. The highest BCUT2D eigenvalue weighted by molar-refractivity contribution is 7.10. The van der Waals surface area contributed by atoms with Gasteiger partial charge >= 0.3 is 5.97 Å². The molecule has 0 radical (unpaired) electrons. The van der Waals surface area contributed by atoms with Gasteiger partial charge < -0.3 is 15.8 Å². The van der Waals surface area contributed by atoms with E-state index in [9.17, 15) is 4.79 Å². The van der Waals surface area contributed by atoms with Crippen LogP contribution in [0.25, 0.3) is 0 Å². The summed E-state index contributed by atoms with van der Waals surface area (Å²) in [6.45, 7) is 4.95. The molecule has 2 rings (SSSR count). The molecule has 0 aromatic carbocycles. The highest BCUT2D eigenvalue weighted by Crippen LogP contribution is 2.28. The number of aromatic nitrogens is 1. The van der Waals surface area contributed by atoms with E-state index < -0.39 is 5.97 Å². The number of nitrogens with one attached hydrogen (secondary N) is 1. The first-order chi connectivity index (χ1) is 9.94. The number of anilines is 2. The lowest BCUT2D eigenvalue weighted by Crippen LogP contribution is -2.27. The molecule has 2 aromatic rings. The first kappa shape index (κ1) is 15.3. The van der Waals surface area contributed by atoms with Gasteiger partial charge in [0.15, 0.2) is 5.69 Å². The highest BCUT2D eigenvalue weighted by Gasteiger charge is 2.22. The minimum absolute atomic E-state index is 0.0520. The van der Waals surface area contributed by atoms with Crippen LogP contribution >= 0.6 is 11.3 Å². The molecule has 0 aliphatic rings. The van der Waals surface area contributed by atoms with E-state index in [-0.39, 0.29) is 11.1 Å². The molecule has 3 N–H and O–H groups in total. The maximum Gasteiger partial charge on any atom is 0.356 e. The van der Waals surface area contributed by atoms with Gasteiger partial charge in [-0.2, -0.15) is 0 Å². The van der Waals surface area contributed by atoms with Crippen molar-refractivity contribution in [1.29, 1.82) is 0 Å². The zero-order valence-corrected chi connectivity index (χ0v) is 13.2. The molecule has 0 bridgehead atoms. The number of thiophene rings is 1. The fourth-order valence-electron chi connectivity index (χ4n) is 1.89. The fourth-order valence-corrected chi connectivity index (χ4v) is 2.74. The van der Waals surface area contributed by atoms with Gasteiger partial charge in [0, 0.05) is 16.8 Å². The van der Waals surface area contributed by atoms with Gasteiger partial charge in [-0.05, 0) is 23.6 Å². The largest absolute Gasteiger partial charge is 0.464 e. The van der Waals surface area contributed by atoms with Crippen molar-refractivity contribution in [3.63, 3.8) is 0 Å². The van der Waals surface area contributed by atoms with E-state index in [1.807, 2.05) is 6.07 Å². The second-order valence-electron chi connectivity index (χ2n) is 5.34. The Balaban J connectivity index is 2.14. The number of methoxy groups -OCH3 is 1. The normalized spacial score (nSPS) is 11.2. The van der Waals surface area contributed by atoms with Crippen molar-refractivity contribution in [2.45, 2.75) is 19.3 Å². The summed E-state index contributed by atoms with van der Waals surface area (Å²) in [6.07, 6.45) is 0. The van der Waals surface area contributed by atoms with Crippen molar-refractivity contribution >= 4 is 28.8 Å². The number of hydrogen-bond donors (Lipinski definition) is 2. The third-order valence-electron chi connectivity index (χ3n) is 3.21. The van der Waals surface area contributed by atoms with Crippen molar-refractivity contribution in [2.24, 2.45) is 0 Å². The van der Waals surface area contributed by atoms with Crippen molar-refractivity contribution in [3.8, 4) is 0 Å². The Hall–Kier alpha value is -2.08. The van der Waals surface area contributed by atoms with Gasteiger partial charge in [0.05, 0.1) is 12.8 Å². The lowest BCUT2D eigenvalue weighted by atomic mass is 9.91. The molecule has 0 saturated carbocycles. The average Bonchev–Trinajstić information content (AvgIpc) is 3.00. The van der Waals surface area contributed by atoms with Gasteiger partial charge in [-0.3, -0.25) is 0 Å². The summed E-state index contributed by atoms with van der Waals surface area (Å²) in [6, 6.07) is 7.34. The van der Waals surface area contributed by atoms with Gasteiger partial charge in [-0.25, -0.2) is 9.78 Å². The number of nitrogens with zero attached hydrogens (tertiary/aromatic N) is 1. The zero-order chi connectivity index (χ0) is 15.5. The van der Waals surface area contributed by atoms with E-state index in [1.54, 1.807) is 23.5 Å². The SMILES string of the molecule is COC(=O)c1ccc(N)c(NCC(C)(C)c2cccs2)n1. The Labute approximate surface area is 128 Å². The number of esters is 1. The number of carbonyl (C=O) groups excluding carboxylic acids is 1. The lowest BCUT2D eigenvalue weighted by Gasteiger charge is -2.24. The number of hydrogen-bond acceptors (Lipinski definition) is 6. The maximum absolute atomic E-state index is 11.5. The average molecular weight is 305 g/mol. The van der Waals surface area contributed by atoms with E-state index in [0.717, 1.165) is 0 Å². The third-order valence-corrected chi connectivity index (χ3v) is 4.44. The molecular weight excluding hydrogens is 286 g/mol. The monoisotopic (exact) mass is 305 g/mol. The molecule has 0 aliphatic carbocycles. The Morgan fingerprint density at radius 2 is 2.19 bits per heavy atom.